The van der Waals surface area contributed by atoms with Crippen molar-refractivity contribution in [1.82, 2.24) is 10.3 Å². The molecule has 0 spiro atoms. The molecule has 1 aromatic carbocycles. The number of methoxy groups -OCH3 is 1. The second kappa shape index (κ2) is 6.09. The fourth-order valence-electron chi connectivity index (χ4n) is 2.48. The molecule has 124 valence electrons. The Labute approximate surface area is 143 Å². The van der Waals surface area contributed by atoms with Crippen LogP contribution in [0.5, 0.6) is 5.75 Å². The first-order valence-corrected chi connectivity index (χ1v) is 8.23. The number of nitrogens with zero attached hydrogens (tertiary/aromatic N) is 2. The predicted molar refractivity (Wildman–Crippen MR) is 92.4 cm³/mol. The summed E-state index contributed by atoms with van der Waals surface area (Å²) in [6, 6.07) is 8.44. The Kier molecular flexibility index (Phi) is 4.11. The Morgan fingerprint density at radius 3 is 2.54 bits per heavy atom. The van der Waals surface area contributed by atoms with Crippen LogP contribution in [0.25, 0.3) is 0 Å². The van der Waals surface area contributed by atoms with Gasteiger partial charge in [0.2, 0.25) is 0 Å². The van der Waals surface area contributed by atoms with Gasteiger partial charge in [-0.05, 0) is 48.6 Å². The zero-order valence-corrected chi connectivity index (χ0v) is 14.4. The second-order valence-electron chi connectivity index (χ2n) is 5.61. The van der Waals surface area contributed by atoms with Crippen molar-refractivity contribution in [2.75, 3.05) is 7.11 Å². The molecule has 0 unspecified atom stereocenters. The number of carbonyl (C=O) groups is 2. The highest BCUT2D eigenvalue weighted by Crippen LogP contribution is 2.30. The van der Waals surface area contributed by atoms with Crippen molar-refractivity contribution in [3.05, 3.63) is 51.7 Å². The van der Waals surface area contributed by atoms with Crippen LogP contribution in [-0.4, -0.2) is 30.3 Å². The third-order valence-corrected chi connectivity index (χ3v) is 4.98. The van der Waals surface area contributed by atoms with E-state index in [1.165, 1.54) is 17.6 Å². The van der Waals surface area contributed by atoms with E-state index in [0.717, 1.165) is 15.4 Å². The summed E-state index contributed by atoms with van der Waals surface area (Å²) in [4.78, 5) is 25.8. The van der Waals surface area contributed by atoms with Gasteiger partial charge in [0.15, 0.2) is 0 Å². The van der Waals surface area contributed by atoms with Crippen molar-refractivity contribution in [2.24, 2.45) is 5.10 Å². The molecule has 7 heteroatoms. The van der Waals surface area contributed by atoms with Crippen LogP contribution in [0.1, 0.15) is 22.9 Å². The molecule has 1 aromatic heterocycles. The number of urea groups is 1. The quantitative estimate of drug-likeness (QED) is 0.685. The molecule has 3 amide bonds. The highest BCUT2D eigenvalue weighted by atomic mass is 32.1. The van der Waals surface area contributed by atoms with E-state index in [1.807, 2.05) is 18.4 Å². The summed E-state index contributed by atoms with van der Waals surface area (Å²) in [6.07, 6.45) is 1.54. The minimum Gasteiger partial charge on any atom is -0.497 e. The number of hydrogen-bond donors (Lipinski definition) is 1. The number of hydrogen-bond acceptors (Lipinski definition) is 5. The molecule has 1 aliphatic rings. The van der Waals surface area contributed by atoms with Crippen LogP contribution in [0.3, 0.4) is 0 Å². The fourth-order valence-corrected chi connectivity index (χ4v) is 3.26. The molecule has 1 saturated heterocycles. The van der Waals surface area contributed by atoms with E-state index in [9.17, 15) is 9.59 Å². The summed E-state index contributed by atoms with van der Waals surface area (Å²) in [6.45, 7) is 3.62. The minimum absolute atomic E-state index is 0.414. The maximum atomic E-state index is 12.7. The van der Waals surface area contributed by atoms with Gasteiger partial charge in [-0.2, -0.15) is 5.10 Å². The molecule has 0 saturated carbocycles. The molecule has 24 heavy (non-hydrogen) atoms. The molecular formula is C17H17N3O3S. The summed E-state index contributed by atoms with van der Waals surface area (Å²) in [7, 11) is 1.57. The van der Waals surface area contributed by atoms with Gasteiger partial charge >= 0.3 is 6.03 Å². The zero-order valence-electron chi connectivity index (χ0n) is 13.6. The predicted octanol–water partition coefficient (Wildman–Crippen LogP) is 2.87. The van der Waals surface area contributed by atoms with Crippen LogP contribution in [0.15, 0.2) is 40.8 Å². The van der Waals surface area contributed by atoms with E-state index in [4.69, 9.17) is 4.74 Å². The minimum atomic E-state index is -1.15. The van der Waals surface area contributed by atoms with Crippen LogP contribution < -0.4 is 10.1 Å². The Morgan fingerprint density at radius 1 is 1.25 bits per heavy atom. The van der Waals surface area contributed by atoms with Crippen LogP contribution in [0.4, 0.5) is 4.79 Å². The molecule has 1 N–H and O–H groups in total. The van der Waals surface area contributed by atoms with Crippen LogP contribution in [-0.2, 0) is 10.3 Å². The molecule has 1 atom stereocenters. The molecule has 0 bridgehead atoms. The number of rotatable bonds is 4. The zero-order chi connectivity index (χ0) is 17.3. The number of amides is 3. The van der Waals surface area contributed by atoms with Gasteiger partial charge in [-0.25, -0.2) is 4.79 Å². The topological polar surface area (TPSA) is 71.0 Å². The molecule has 3 rings (SSSR count). The lowest BCUT2D eigenvalue weighted by molar-refractivity contribution is -0.131. The van der Waals surface area contributed by atoms with Crippen molar-refractivity contribution >= 4 is 29.5 Å². The number of benzene rings is 1. The first-order valence-electron chi connectivity index (χ1n) is 7.35. The molecule has 6 nitrogen and oxygen atoms in total. The Morgan fingerprint density at radius 2 is 1.96 bits per heavy atom. The third-order valence-electron chi connectivity index (χ3n) is 4.03. The van der Waals surface area contributed by atoms with Gasteiger partial charge < -0.3 is 10.1 Å². The maximum Gasteiger partial charge on any atom is 0.346 e. The summed E-state index contributed by atoms with van der Waals surface area (Å²) in [5, 5.41) is 9.60. The number of nitrogens with one attached hydrogen (secondary N) is 1. The molecule has 1 aliphatic heterocycles. The number of aryl methyl sites for hydroxylation is 1. The van der Waals surface area contributed by atoms with E-state index in [0.29, 0.717) is 11.3 Å². The number of thiophene rings is 1. The summed E-state index contributed by atoms with van der Waals surface area (Å²) < 4.78 is 5.12. The van der Waals surface area contributed by atoms with E-state index in [-0.39, 0.29) is 0 Å². The summed E-state index contributed by atoms with van der Waals surface area (Å²) in [5.41, 5.74) is 0.575. The Bertz CT molecular complexity index is 813. The number of carbonyl (C=O) groups excluding carboxylic acids is 2. The van der Waals surface area contributed by atoms with Crippen molar-refractivity contribution in [3.8, 4) is 5.75 Å². The standard InChI is InChI=1S/C17H17N3O3S/c1-11-8-9-24-14(11)10-18-20-15(21)17(2,19-16(20)22)12-4-6-13(23-3)7-5-12/h4-10H,1-3H3,(H,19,22)/b18-10-/t17-/m0/s1. The molecule has 2 aromatic rings. The Balaban J connectivity index is 1.87. The average Bonchev–Trinajstić information content (AvgIpc) is 3.08. The highest BCUT2D eigenvalue weighted by molar-refractivity contribution is 7.11. The first-order chi connectivity index (χ1) is 11.5. The van der Waals surface area contributed by atoms with E-state index < -0.39 is 17.5 Å². The van der Waals surface area contributed by atoms with Gasteiger partial charge in [0, 0.05) is 0 Å². The van der Waals surface area contributed by atoms with Crippen molar-refractivity contribution in [1.29, 1.82) is 0 Å². The lowest BCUT2D eigenvalue weighted by atomic mass is 9.92. The lowest BCUT2D eigenvalue weighted by Crippen LogP contribution is -2.40. The largest absolute Gasteiger partial charge is 0.497 e. The van der Waals surface area contributed by atoms with Gasteiger partial charge in [-0.15, -0.1) is 16.3 Å². The van der Waals surface area contributed by atoms with Gasteiger partial charge in [-0.3, -0.25) is 4.79 Å². The van der Waals surface area contributed by atoms with E-state index >= 15 is 0 Å². The number of hydrazone groups is 1. The van der Waals surface area contributed by atoms with Crippen LogP contribution in [0, 0.1) is 6.92 Å². The molecule has 1 fully saturated rings. The van der Waals surface area contributed by atoms with E-state index in [2.05, 4.69) is 10.4 Å². The maximum absolute atomic E-state index is 12.7. The van der Waals surface area contributed by atoms with Gasteiger partial charge in [0.25, 0.3) is 5.91 Å². The van der Waals surface area contributed by atoms with Crippen LogP contribution in [0.2, 0.25) is 0 Å². The van der Waals surface area contributed by atoms with Crippen molar-refractivity contribution in [3.63, 3.8) is 0 Å². The highest BCUT2D eigenvalue weighted by Gasteiger charge is 2.49. The normalized spacial score (nSPS) is 20.7. The van der Waals surface area contributed by atoms with E-state index in [1.54, 1.807) is 38.3 Å². The van der Waals surface area contributed by atoms with Gasteiger partial charge in [-0.1, -0.05) is 12.1 Å². The van der Waals surface area contributed by atoms with Crippen molar-refractivity contribution < 1.29 is 14.3 Å². The monoisotopic (exact) mass is 343 g/mol. The van der Waals surface area contributed by atoms with Gasteiger partial charge in [0.05, 0.1) is 18.2 Å². The number of ether oxygens (including phenoxy) is 1. The fraction of sp³-hybridized carbons (Fsp3) is 0.235. The molecule has 0 radical (unpaired) electrons. The average molecular weight is 343 g/mol. The molecule has 2 heterocycles. The van der Waals surface area contributed by atoms with Gasteiger partial charge in [0.1, 0.15) is 11.3 Å². The smallest absolute Gasteiger partial charge is 0.346 e. The first kappa shape index (κ1) is 16.2. The third kappa shape index (κ3) is 2.67. The second-order valence-corrected chi connectivity index (χ2v) is 6.56. The lowest BCUT2D eigenvalue weighted by Gasteiger charge is -2.21. The SMILES string of the molecule is COc1ccc([C@]2(C)NC(=O)N(/N=C\c3sccc3C)C2=O)cc1. The summed E-state index contributed by atoms with van der Waals surface area (Å²) >= 11 is 1.50. The molecular weight excluding hydrogens is 326 g/mol. The van der Waals surface area contributed by atoms with Crippen LogP contribution >= 0.6 is 11.3 Å². The number of imide groups is 1. The van der Waals surface area contributed by atoms with Crippen molar-refractivity contribution in [2.45, 2.75) is 19.4 Å². The molecule has 0 aliphatic carbocycles. The Hall–Kier alpha value is -2.67. The summed E-state index contributed by atoms with van der Waals surface area (Å²) in [5.74, 6) is 0.269.